The summed E-state index contributed by atoms with van der Waals surface area (Å²) in [5, 5.41) is 0. The van der Waals surface area contributed by atoms with Crippen molar-refractivity contribution < 1.29 is 4.39 Å². The number of benzene rings is 2. The molecule has 2 aromatic carbocycles. The predicted octanol–water partition coefficient (Wildman–Crippen LogP) is 4.81. The van der Waals surface area contributed by atoms with Crippen molar-refractivity contribution >= 4 is 21.6 Å². The molecule has 0 atom stereocenters. The molecule has 0 bridgehead atoms. The average Bonchev–Trinajstić information content (AvgIpc) is 2.29. The zero-order chi connectivity index (χ0) is 11.5. The Labute approximate surface area is 101 Å². The van der Waals surface area contributed by atoms with E-state index in [-0.39, 0.29) is 5.82 Å². The largest absolute Gasteiger partial charge is 0.237 e. The van der Waals surface area contributed by atoms with Crippen LogP contribution in [0.3, 0.4) is 0 Å². The van der Waals surface area contributed by atoms with Crippen molar-refractivity contribution in [1.82, 2.24) is 0 Å². The SMILES string of the molecule is [C-]#[N+]c1cc(-c2cccc(F)c2)ccc1Br. The van der Waals surface area contributed by atoms with Crippen LogP contribution in [0.4, 0.5) is 10.1 Å². The van der Waals surface area contributed by atoms with E-state index in [1.54, 1.807) is 18.2 Å². The molecule has 0 saturated heterocycles. The second kappa shape index (κ2) is 4.46. The molecule has 2 rings (SSSR count). The van der Waals surface area contributed by atoms with Crippen molar-refractivity contribution in [3.63, 3.8) is 0 Å². The van der Waals surface area contributed by atoms with Crippen molar-refractivity contribution in [3.05, 3.63) is 64.2 Å². The molecule has 3 heteroatoms. The fourth-order valence-corrected chi connectivity index (χ4v) is 1.78. The van der Waals surface area contributed by atoms with Gasteiger partial charge in [-0.15, -0.1) is 0 Å². The highest BCUT2D eigenvalue weighted by atomic mass is 79.9. The first-order valence-electron chi connectivity index (χ1n) is 4.63. The van der Waals surface area contributed by atoms with Crippen LogP contribution in [-0.4, -0.2) is 0 Å². The molecule has 0 aliphatic heterocycles. The van der Waals surface area contributed by atoms with Crippen LogP contribution in [0.1, 0.15) is 0 Å². The van der Waals surface area contributed by atoms with Gasteiger partial charge in [0, 0.05) is 4.47 Å². The van der Waals surface area contributed by atoms with Gasteiger partial charge in [0.25, 0.3) is 0 Å². The molecule has 0 fully saturated rings. The van der Waals surface area contributed by atoms with E-state index >= 15 is 0 Å². The molecule has 2 aromatic rings. The van der Waals surface area contributed by atoms with Gasteiger partial charge >= 0.3 is 0 Å². The Bertz CT molecular complexity index is 572. The predicted molar refractivity (Wildman–Crippen MR) is 65.8 cm³/mol. The maximum atomic E-state index is 13.0. The van der Waals surface area contributed by atoms with Gasteiger partial charge in [-0.25, -0.2) is 9.24 Å². The molecular formula is C13H7BrFN. The summed E-state index contributed by atoms with van der Waals surface area (Å²) in [6.45, 7) is 7.01. The van der Waals surface area contributed by atoms with E-state index in [1.165, 1.54) is 12.1 Å². The number of hydrogen-bond acceptors (Lipinski definition) is 0. The lowest BCUT2D eigenvalue weighted by Crippen LogP contribution is -1.79. The maximum absolute atomic E-state index is 13.0. The molecule has 0 aliphatic rings. The Morgan fingerprint density at radius 3 is 2.50 bits per heavy atom. The molecule has 1 nitrogen and oxygen atoms in total. The van der Waals surface area contributed by atoms with Crippen LogP contribution < -0.4 is 0 Å². The van der Waals surface area contributed by atoms with Gasteiger partial charge in [-0.1, -0.05) is 40.2 Å². The second-order valence-corrected chi connectivity index (χ2v) is 4.14. The molecule has 0 heterocycles. The Hall–Kier alpha value is -1.66. The minimum Gasteiger partial charge on any atom is -0.237 e. The molecular weight excluding hydrogens is 269 g/mol. The zero-order valence-electron chi connectivity index (χ0n) is 8.24. The van der Waals surface area contributed by atoms with Crippen LogP contribution in [-0.2, 0) is 0 Å². The first kappa shape index (κ1) is 10.8. The van der Waals surface area contributed by atoms with E-state index in [0.717, 1.165) is 15.6 Å². The second-order valence-electron chi connectivity index (χ2n) is 3.29. The average molecular weight is 276 g/mol. The smallest absolute Gasteiger partial charge is 0.201 e. The van der Waals surface area contributed by atoms with Crippen LogP contribution in [0, 0.1) is 12.4 Å². The minimum atomic E-state index is -0.273. The van der Waals surface area contributed by atoms with Gasteiger partial charge in [0.1, 0.15) is 5.82 Å². The molecule has 0 spiro atoms. The van der Waals surface area contributed by atoms with Crippen molar-refractivity contribution in [2.75, 3.05) is 0 Å². The lowest BCUT2D eigenvalue weighted by molar-refractivity contribution is 0.628. The third-order valence-corrected chi connectivity index (χ3v) is 2.90. The highest BCUT2D eigenvalue weighted by molar-refractivity contribution is 9.10. The Morgan fingerprint density at radius 2 is 1.81 bits per heavy atom. The lowest BCUT2D eigenvalue weighted by atomic mass is 10.1. The number of nitrogens with zero attached hydrogens (tertiary/aromatic N) is 1. The summed E-state index contributed by atoms with van der Waals surface area (Å²) in [5.74, 6) is -0.273. The number of rotatable bonds is 1. The molecule has 0 aliphatic carbocycles. The zero-order valence-corrected chi connectivity index (χ0v) is 9.83. The fraction of sp³-hybridized carbons (Fsp3) is 0. The van der Waals surface area contributed by atoms with Gasteiger partial charge in [-0.2, -0.15) is 0 Å². The summed E-state index contributed by atoms with van der Waals surface area (Å²) in [5.41, 5.74) is 2.15. The standard InChI is InChI=1S/C13H7BrFN/c1-16-13-8-10(5-6-12(13)14)9-3-2-4-11(15)7-9/h2-8H. The first-order chi connectivity index (χ1) is 7.70. The highest BCUT2D eigenvalue weighted by Crippen LogP contribution is 2.31. The van der Waals surface area contributed by atoms with E-state index in [4.69, 9.17) is 6.57 Å². The van der Waals surface area contributed by atoms with Gasteiger partial charge < -0.3 is 0 Å². The summed E-state index contributed by atoms with van der Waals surface area (Å²) >= 11 is 3.29. The number of halogens is 2. The topological polar surface area (TPSA) is 4.36 Å². The summed E-state index contributed by atoms with van der Waals surface area (Å²) < 4.78 is 13.8. The van der Waals surface area contributed by atoms with Gasteiger partial charge in [0.05, 0.1) is 6.57 Å². The third kappa shape index (κ3) is 2.12. The van der Waals surface area contributed by atoms with E-state index in [0.29, 0.717) is 5.69 Å². The van der Waals surface area contributed by atoms with E-state index in [1.807, 2.05) is 12.1 Å². The van der Waals surface area contributed by atoms with Gasteiger partial charge in [-0.05, 0) is 29.3 Å². The van der Waals surface area contributed by atoms with Crippen LogP contribution in [0.5, 0.6) is 0 Å². The molecule has 0 unspecified atom stereocenters. The fourth-order valence-electron chi connectivity index (χ4n) is 1.45. The van der Waals surface area contributed by atoms with E-state index in [2.05, 4.69) is 20.8 Å². The summed E-state index contributed by atoms with van der Waals surface area (Å²) in [7, 11) is 0. The highest BCUT2D eigenvalue weighted by Gasteiger charge is 2.03. The summed E-state index contributed by atoms with van der Waals surface area (Å²) in [4.78, 5) is 3.39. The molecule has 16 heavy (non-hydrogen) atoms. The molecule has 0 aromatic heterocycles. The van der Waals surface area contributed by atoms with Crippen molar-refractivity contribution in [3.8, 4) is 11.1 Å². The quantitative estimate of drug-likeness (QED) is 0.658. The summed E-state index contributed by atoms with van der Waals surface area (Å²) in [6, 6.07) is 11.7. The van der Waals surface area contributed by atoms with Crippen molar-refractivity contribution in [1.29, 1.82) is 0 Å². The number of hydrogen-bond donors (Lipinski definition) is 0. The maximum Gasteiger partial charge on any atom is 0.201 e. The molecule has 0 amide bonds. The normalized spacial score (nSPS) is 9.81. The van der Waals surface area contributed by atoms with Crippen LogP contribution >= 0.6 is 15.9 Å². The van der Waals surface area contributed by atoms with E-state index < -0.39 is 0 Å². The van der Waals surface area contributed by atoms with Crippen LogP contribution in [0.15, 0.2) is 46.9 Å². The Morgan fingerprint density at radius 1 is 1.06 bits per heavy atom. The third-order valence-electron chi connectivity index (χ3n) is 2.22. The lowest BCUT2D eigenvalue weighted by Gasteiger charge is -2.03. The van der Waals surface area contributed by atoms with Gasteiger partial charge in [0.2, 0.25) is 5.69 Å². The Balaban J connectivity index is 2.54. The molecule has 0 radical (unpaired) electrons. The molecule has 78 valence electrons. The minimum absolute atomic E-state index is 0.273. The van der Waals surface area contributed by atoms with Crippen molar-refractivity contribution in [2.45, 2.75) is 0 Å². The molecule has 0 N–H and O–H groups in total. The van der Waals surface area contributed by atoms with Gasteiger partial charge in [-0.3, -0.25) is 0 Å². The van der Waals surface area contributed by atoms with Crippen molar-refractivity contribution in [2.24, 2.45) is 0 Å². The van der Waals surface area contributed by atoms with Crippen LogP contribution in [0.2, 0.25) is 0 Å². The molecule has 0 saturated carbocycles. The van der Waals surface area contributed by atoms with Crippen LogP contribution in [0.25, 0.3) is 16.0 Å². The Kier molecular flexibility index (Phi) is 3.02. The van der Waals surface area contributed by atoms with Gasteiger partial charge in [0.15, 0.2) is 0 Å². The van der Waals surface area contributed by atoms with E-state index in [9.17, 15) is 4.39 Å². The first-order valence-corrected chi connectivity index (χ1v) is 5.43. The monoisotopic (exact) mass is 275 g/mol. The summed E-state index contributed by atoms with van der Waals surface area (Å²) in [6.07, 6.45) is 0.